The summed E-state index contributed by atoms with van der Waals surface area (Å²) in [6.07, 6.45) is 0. The third-order valence-corrected chi connectivity index (χ3v) is 3.31. The lowest BCUT2D eigenvalue weighted by Crippen LogP contribution is -2.45. The van der Waals surface area contributed by atoms with Crippen LogP contribution in [0.1, 0.15) is 17.2 Å². The highest BCUT2D eigenvalue weighted by Gasteiger charge is 2.22. The van der Waals surface area contributed by atoms with E-state index in [1.165, 1.54) is 6.07 Å². The van der Waals surface area contributed by atoms with Crippen LogP contribution in [0.15, 0.2) is 18.2 Å². The Balaban J connectivity index is 0.00000162. The molecule has 1 N–H and O–H groups in total. The second-order valence-corrected chi connectivity index (χ2v) is 4.46. The van der Waals surface area contributed by atoms with Crippen LogP contribution >= 0.6 is 12.4 Å². The molecule has 0 amide bonds. The van der Waals surface area contributed by atoms with Crippen molar-refractivity contribution in [1.82, 2.24) is 10.2 Å². The molecule has 102 valence electrons. The molecular weight excluding hydrogens is 258 g/mol. The van der Waals surface area contributed by atoms with Gasteiger partial charge in [0.25, 0.3) is 0 Å². The minimum atomic E-state index is -0.426. The molecule has 0 radical (unpaired) electrons. The Morgan fingerprint density at radius 3 is 2.56 bits per heavy atom. The van der Waals surface area contributed by atoms with E-state index in [4.69, 9.17) is 0 Å². The number of hydrogen-bond donors (Lipinski definition) is 1. The summed E-state index contributed by atoms with van der Waals surface area (Å²) in [5, 5.41) is 3.24. The van der Waals surface area contributed by atoms with Crippen molar-refractivity contribution in [2.45, 2.75) is 13.0 Å². The summed E-state index contributed by atoms with van der Waals surface area (Å²) in [4.78, 5) is 2.11. The molecule has 1 aromatic carbocycles. The summed E-state index contributed by atoms with van der Waals surface area (Å²) in [5.74, 6) is -0.230. The third-order valence-electron chi connectivity index (χ3n) is 3.31. The van der Waals surface area contributed by atoms with Crippen molar-refractivity contribution < 1.29 is 8.78 Å². The van der Waals surface area contributed by atoms with Crippen LogP contribution < -0.4 is 5.32 Å². The zero-order valence-electron chi connectivity index (χ0n) is 10.5. The van der Waals surface area contributed by atoms with Gasteiger partial charge in [-0.3, -0.25) is 4.90 Å². The molecule has 0 spiro atoms. The van der Waals surface area contributed by atoms with E-state index in [0.717, 1.165) is 31.7 Å². The summed E-state index contributed by atoms with van der Waals surface area (Å²) >= 11 is 0. The van der Waals surface area contributed by atoms with Gasteiger partial charge < -0.3 is 5.32 Å². The molecule has 1 aliphatic heterocycles. The van der Waals surface area contributed by atoms with Crippen LogP contribution in [0.25, 0.3) is 0 Å². The van der Waals surface area contributed by atoms with Crippen LogP contribution in [-0.4, -0.2) is 37.8 Å². The normalized spacial score (nSPS) is 18.2. The first-order chi connectivity index (χ1) is 8.22. The Kier molecular flexibility index (Phi) is 5.99. The molecule has 0 unspecified atom stereocenters. The number of nitrogens with zero attached hydrogens (tertiary/aromatic N) is 1. The molecule has 1 saturated heterocycles. The Hall–Kier alpha value is -0.710. The van der Waals surface area contributed by atoms with E-state index in [1.54, 1.807) is 19.1 Å². The highest BCUT2D eigenvalue weighted by atomic mass is 35.5. The third kappa shape index (κ3) is 3.40. The van der Waals surface area contributed by atoms with E-state index in [9.17, 15) is 8.78 Å². The van der Waals surface area contributed by atoms with Crippen molar-refractivity contribution in [3.8, 4) is 0 Å². The fourth-order valence-electron chi connectivity index (χ4n) is 2.27. The summed E-state index contributed by atoms with van der Waals surface area (Å²) < 4.78 is 26.4. The Labute approximate surface area is 113 Å². The van der Waals surface area contributed by atoms with E-state index in [1.807, 2.05) is 0 Å². The molecular formula is C13H19ClF2N2. The van der Waals surface area contributed by atoms with E-state index in [2.05, 4.69) is 10.2 Å². The molecule has 2 nitrogen and oxygen atoms in total. The standard InChI is InChI=1S/C13H18F2N2.ClH/c1-10-8-11(2-3-12(10)15)13(9-14)17-6-4-16-5-7-17;/h2-3,8,13,16H,4-7,9H2,1H3;1H/t13-;/m0./s1. The highest BCUT2D eigenvalue weighted by Crippen LogP contribution is 2.23. The highest BCUT2D eigenvalue weighted by molar-refractivity contribution is 5.85. The zero-order valence-corrected chi connectivity index (χ0v) is 11.3. The topological polar surface area (TPSA) is 15.3 Å². The Morgan fingerprint density at radius 2 is 2.00 bits per heavy atom. The maximum absolute atomic E-state index is 13.2. The van der Waals surface area contributed by atoms with E-state index >= 15 is 0 Å². The van der Waals surface area contributed by atoms with Crippen LogP contribution in [0, 0.1) is 12.7 Å². The van der Waals surface area contributed by atoms with Gasteiger partial charge in [0.1, 0.15) is 12.5 Å². The molecule has 0 aliphatic carbocycles. The zero-order chi connectivity index (χ0) is 12.3. The lowest BCUT2D eigenvalue weighted by Gasteiger charge is -2.33. The average molecular weight is 277 g/mol. The van der Waals surface area contributed by atoms with Crippen LogP contribution in [0.2, 0.25) is 0 Å². The van der Waals surface area contributed by atoms with Gasteiger partial charge in [0.2, 0.25) is 0 Å². The summed E-state index contributed by atoms with van der Waals surface area (Å²) in [7, 11) is 0. The van der Waals surface area contributed by atoms with Gasteiger partial charge in [-0.15, -0.1) is 12.4 Å². The van der Waals surface area contributed by atoms with Crippen molar-refractivity contribution >= 4 is 12.4 Å². The number of piperazine rings is 1. The molecule has 1 fully saturated rings. The lowest BCUT2D eigenvalue weighted by atomic mass is 10.0. The monoisotopic (exact) mass is 276 g/mol. The molecule has 1 aliphatic rings. The summed E-state index contributed by atoms with van der Waals surface area (Å²) in [6.45, 7) is 4.74. The van der Waals surface area contributed by atoms with Crippen molar-refractivity contribution in [2.24, 2.45) is 0 Å². The second kappa shape index (κ2) is 7.02. The first-order valence-corrected chi connectivity index (χ1v) is 5.99. The fraction of sp³-hybridized carbons (Fsp3) is 0.538. The SMILES string of the molecule is Cc1cc([C@H](CF)N2CCNCC2)ccc1F.Cl. The molecule has 1 heterocycles. The van der Waals surface area contributed by atoms with Crippen molar-refractivity contribution in [1.29, 1.82) is 0 Å². The lowest BCUT2D eigenvalue weighted by molar-refractivity contribution is 0.147. The van der Waals surface area contributed by atoms with Gasteiger partial charge in [0, 0.05) is 26.2 Å². The van der Waals surface area contributed by atoms with Crippen LogP contribution in [-0.2, 0) is 0 Å². The molecule has 0 bridgehead atoms. The van der Waals surface area contributed by atoms with Gasteiger partial charge in [-0.1, -0.05) is 12.1 Å². The quantitative estimate of drug-likeness (QED) is 0.912. The largest absolute Gasteiger partial charge is 0.314 e. The average Bonchev–Trinajstić information content (AvgIpc) is 2.36. The van der Waals surface area contributed by atoms with Gasteiger partial charge in [-0.05, 0) is 24.1 Å². The Morgan fingerprint density at radius 1 is 1.33 bits per heavy atom. The van der Waals surface area contributed by atoms with Crippen LogP contribution in [0.4, 0.5) is 8.78 Å². The van der Waals surface area contributed by atoms with Crippen molar-refractivity contribution in [2.75, 3.05) is 32.9 Å². The predicted octanol–water partition coefficient (Wildman–Crippen LogP) is 2.47. The first-order valence-electron chi connectivity index (χ1n) is 5.99. The predicted molar refractivity (Wildman–Crippen MR) is 71.5 cm³/mol. The summed E-state index contributed by atoms with van der Waals surface area (Å²) in [6, 6.07) is 4.63. The molecule has 5 heteroatoms. The van der Waals surface area contributed by atoms with Gasteiger partial charge in [0.15, 0.2) is 0 Å². The smallest absolute Gasteiger partial charge is 0.126 e. The first kappa shape index (κ1) is 15.3. The number of alkyl halides is 1. The number of halogens is 3. The minimum absolute atomic E-state index is 0. The van der Waals surface area contributed by atoms with Gasteiger partial charge in [-0.25, -0.2) is 8.78 Å². The molecule has 0 saturated carbocycles. The molecule has 0 aromatic heterocycles. The molecule has 1 atom stereocenters. The fourth-order valence-corrected chi connectivity index (χ4v) is 2.27. The maximum atomic E-state index is 13.2. The van der Waals surface area contributed by atoms with Crippen LogP contribution in [0.5, 0.6) is 0 Å². The molecule has 18 heavy (non-hydrogen) atoms. The Bertz CT molecular complexity index is 381. The number of benzene rings is 1. The van der Waals surface area contributed by atoms with E-state index < -0.39 is 6.67 Å². The maximum Gasteiger partial charge on any atom is 0.126 e. The second-order valence-electron chi connectivity index (χ2n) is 4.46. The molecule has 2 rings (SSSR count). The number of nitrogens with one attached hydrogen (secondary N) is 1. The molecule has 1 aromatic rings. The minimum Gasteiger partial charge on any atom is -0.314 e. The van der Waals surface area contributed by atoms with Gasteiger partial charge in [-0.2, -0.15) is 0 Å². The van der Waals surface area contributed by atoms with Gasteiger partial charge >= 0.3 is 0 Å². The van der Waals surface area contributed by atoms with Crippen molar-refractivity contribution in [3.63, 3.8) is 0 Å². The van der Waals surface area contributed by atoms with Crippen LogP contribution in [0.3, 0.4) is 0 Å². The van der Waals surface area contributed by atoms with E-state index in [0.29, 0.717) is 5.56 Å². The van der Waals surface area contributed by atoms with Gasteiger partial charge in [0.05, 0.1) is 6.04 Å². The number of aryl methyl sites for hydroxylation is 1. The number of rotatable bonds is 3. The summed E-state index contributed by atoms with van der Waals surface area (Å²) in [5.41, 5.74) is 1.45. The van der Waals surface area contributed by atoms with Crippen molar-refractivity contribution in [3.05, 3.63) is 35.1 Å². The number of hydrogen-bond acceptors (Lipinski definition) is 2. The van der Waals surface area contributed by atoms with E-state index in [-0.39, 0.29) is 24.3 Å².